The summed E-state index contributed by atoms with van der Waals surface area (Å²) in [6.07, 6.45) is 3.69. The molecule has 2 saturated heterocycles. The molecule has 0 spiro atoms. The van der Waals surface area contributed by atoms with E-state index in [-0.39, 0.29) is 34.7 Å². The fourth-order valence-electron chi connectivity index (χ4n) is 7.48. The Hall–Kier alpha value is -4.36. The average Bonchev–Trinajstić information content (AvgIpc) is 3.87. The molecule has 2 unspecified atom stereocenters. The van der Waals surface area contributed by atoms with Crippen molar-refractivity contribution in [3.63, 3.8) is 0 Å². The van der Waals surface area contributed by atoms with E-state index in [2.05, 4.69) is 120 Å². The molecule has 0 bridgehead atoms. The number of carbonyl (C=O) groups is 2. The third kappa shape index (κ3) is 9.09. The van der Waals surface area contributed by atoms with Crippen molar-refractivity contribution in [1.29, 1.82) is 0 Å². The number of nitrogens with one attached hydrogen (secondary N) is 4. The van der Waals surface area contributed by atoms with Crippen LogP contribution >= 0.6 is 0 Å². The van der Waals surface area contributed by atoms with Crippen molar-refractivity contribution in [1.82, 2.24) is 40.4 Å². The quantitative estimate of drug-likeness (QED) is 0.131. The van der Waals surface area contributed by atoms with E-state index >= 15 is 0 Å². The summed E-state index contributed by atoms with van der Waals surface area (Å²) in [5.41, 5.74) is 4.09. The molecular weight excluding hydrogens is 705 g/mol. The van der Waals surface area contributed by atoms with Crippen LogP contribution in [0.15, 0.2) is 60.9 Å². The summed E-state index contributed by atoms with van der Waals surface area (Å²) in [6.45, 7) is 26.0. The molecule has 12 heteroatoms. The first-order valence-electron chi connectivity index (χ1n) is 19.9. The number of ether oxygens (including phenoxy) is 2. The van der Waals surface area contributed by atoms with E-state index < -0.39 is 11.1 Å². The van der Waals surface area contributed by atoms with Crippen molar-refractivity contribution < 1.29 is 19.1 Å². The summed E-state index contributed by atoms with van der Waals surface area (Å²) in [5.74, 6) is 1.41. The van der Waals surface area contributed by atoms with Gasteiger partial charge in [0.25, 0.3) is 0 Å². The van der Waals surface area contributed by atoms with Gasteiger partial charge in [-0.05, 0) is 60.8 Å². The fourth-order valence-corrected chi connectivity index (χ4v) is 7.48. The van der Waals surface area contributed by atoms with E-state index in [0.717, 1.165) is 71.5 Å². The highest BCUT2D eigenvalue weighted by molar-refractivity contribution is 5.86. The Morgan fingerprint density at radius 3 is 1.16 bits per heavy atom. The number of nitrogens with zero attached hydrogens (tertiary/aromatic N) is 4. The lowest BCUT2D eigenvalue weighted by Crippen LogP contribution is -2.59. The number of carbonyl (C=O) groups excluding carboxylic acids is 2. The molecule has 0 saturated carbocycles. The van der Waals surface area contributed by atoms with Crippen LogP contribution in [0.2, 0.25) is 0 Å². The largest absolute Gasteiger partial charge is 0.379 e. The topological polar surface area (TPSA) is 140 Å². The predicted octanol–water partition coefficient (Wildman–Crippen LogP) is 6.76. The maximum absolute atomic E-state index is 13.7. The Balaban J connectivity index is 1.12. The summed E-state index contributed by atoms with van der Waals surface area (Å²) >= 11 is 0. The van der Waals surface area contributed by atoms with Crippen molar-refractivity contribution >= 4 is 11.8 Å². The molecule has 6 rings (SSSR count). The first-order chi connectivity index (χ1) is 26.4. The molecular formula is C44H62N8O4. The number of aromatic nitrogens is 4. The van der Waals surface area contributed by atoms with E-state index in [1.54, 1.807) is 0 Å². The van der Waals surface area contributed by atoms with Gasteiger partial charge in [-0.3, -0.25) is 19.4 Å². The monoisotopic (exact) mass is 766 g/mol. The SMILES string of the molecule is CC(C)(C)C(NC(=O)C(C)(C)N1CCOCC1)c1ncc(-c2ccc(-c3ccc(-c4cnc(C(NC(=O)C(C)(C)N5CCOCC5)C(C)(C)C)[nH]4)cc3)cc2)[nH]1. The molecule has 0 aliphatic carbocycles. The van der Waals surface area contributed by atoms with E-state index in [1.807, 2.05) is 40.1 Å². The zero-order chi connectivity index (χ0) is 40.5. The Labute approximate surface area is 332 Å². The second-order valence-electron chi connectivity index (χ2n) is 18.4. The first kappa shape index (κ1) is 41.3. The summed E-state index contributed by atoms with van der Waals surface area (Å²) in [4.78, 5) is 48.2. The van der Waals surface area contributed by atoms with Crippen LogP contribution in [0.3, 0.4) is 0 Å². The minimum absolute atomic E-state index is 0.0255. The molecule has 2 aliphatic heterocycles. The molecule has 4 aromatic rings. The molecule has 2 atom stereocenters. The molecule has 2 aromatic carbocycles. The minimum Gasteiger partial charge on any atom is -0.379 e. The Kier molecular flexibility index (Phi) is 12.0. The van der Waals surface area contributed by atoms with Crippen molar-refractivity contribution in [2.24, 2.45) is 10.8 Å². The molecule has 2 amide bonds. The zero-order valence-corrected chi connectivity index (χ0v) is 35.0. The molecule has 2 aromatic heterocycles. The summed E-state index contributed by atoms with van der Waals surface area (Å²) in [6, 6.07) is 16.2. The van der Waals surface area contributed by atoms with E-state index in [4.69, 9.17) is 19.4 Å². The highest BCUT2D eigenvalue weighted by Crippen LogP contribution is 2.36. The van der Waals surface area contributed by atoms with Crippen LogP contribution in [0.4, 0.5) is 0 Å². The van der Waals surface area contributed by atoms with Gasteiger partial charge < -0.3 is 30.1 Å². The van der Waals surface area contributed by atoms with Gasteiger partial charge in [0.05, 0.1) is 73.4 Å². The number of morpholine rings is 2. The Morgan fingerprint density at radius 1 is 0.554 bits per heavy atom. The molecule has 0 radical (unpaired) electrons. The summed E-state index contributed by atoms with van der Waals surface area (Å²) in [5, 5.41) is 6.63. The Bertz CT molecular complexity index is 1800. The van der Waals surface area contributed by atoms with Crippen LogP contribution in [0.5, 0.6) is 0 Å². The van der Waals surface area contributed by atoms with Crippen molar-refractivity contribution in [2.45, 2.75) is 92.4 Å². The van der Waals surface area contributed by atoms with Crippen molar-refractivity contribution in [3.05, 3.63) is 72.6 Å². The van der Waals surface area contributed by atoms with Gasteiger partial charge in [0, 0.05) is 26.2 Å². The van der Waals surface area contributed by atoms with Gasteiger partial charge in [0.15, 0.2) is 0 Å². The van der Waals surface area contributed by atoms with E-state index in [9.17, 15) is 9.59 Å². The van der Waals surface area contributed by atoms with Gasteiger partial charge in [0.1, 0.15) is 11.6 Å². The fraction of sp³-hybridized carbons (Fsp3) is 0.545. The maximum atomic E-state index is 13.7. The molecule has 4 heterocycles. The number of hydrogen-bond donors (Lipinski definition) is 4. The van der Waals surface area contributed by atoms with Crippen LogP contribution in [0, 0.1) is 10.8 Å². The normalized spacial score (nSPS) is 17.7. The third-order valence-corrected chi connectivity index (χ3v) is 11.5. The number of hydrogen-bond acceptors (Lipinski definition) is 8. The number of H-pyrrole nitrogens is 2. The van der Waals surface area contributed by atoms with Gasteiger partial charge in [-0.15, -0.1) is 0 Å². The number of imidazole rings is 2. The van der Waals surface area contributed by atoms with Gasteiger partial charge in [0.2, 0.25) is 11.8 Å². The predicted molar refractivity (Wildman–Crippen MR) is 221 cm³/mol. The second kappa shape index (κ2) is 16.2. The highest BCUT2D eigenvalue weighted by Gasteiger charge is 2.41. The standard InChI is InChI=1S/C44H62N8O4/c1-41(2,3)35(49-39(53)43(7,8)51-19-23-55-24-20-51)37-45-27-33(47-37)31-15-11-29(12-16-31)30-13-17-32(18-14-30)34-28-46-38(48-34)36(42(4,5)6)50-40(54)44(9,10)52-21-25-56-26-22-52/h11-18,27-28,35-36H,19-26H2,1-10H3,(H,45,47)(H,46,48)(H,49,53)(H,50,54). The molecule has 56 heavy (non-hydrogen) atoms. The molecule has 302 valence electrons. The lowest BCUT2D eigenvalue weighted by atomic mass is 9.85. The number of rotatable bonds is 11. The van der Waals surface area contributed by atoms with E-state index in [0.29, 0.717) is 26.4 Å². The lowest BCUT2D eigenvalue weighted by Gasteiger charge is -2.41. The molecule has 12 nitrogen and oxygen atoms in total. The van der Waals surface area contributed by atoms with Crippen LogP contribution in [0.25, 0.3) is 33.6 Å². The molecule has 2 aliphatic rings. The summed E-state index contributed by atoms with van der Waals surface area (Å²) < 4.78 is 11.0. The number of aromatic amines is 2. The van der Waals surface area contributed by atoms with Crippen LogP contribution in [0.1, 0.15) is 93.0 Å². The Morgan fingerprint density at radius 2 is 0.857 bits per heavy atom. The smallest absolute Gasteiger partial charge is 0.240 e. The second-order valence-corrected chi connectivity index (χ2v) is 18.4. The zero-order valence-electron chi connectivity index (χ0n) is 35.0. The third-order valence-electron chi connectivity index (χ3n) is 11.5. The van der Waals surface area contributed by atoms with Gasteiger partial charge in [-0.25, -0.2) is 9.97 Å². The van der Waals surface area contributed by atoms with Gasteiger partial charge >= 0.3 is 0 Å². The number of benzene rings is 2. The van der Waals surface area contributed by atoms with Crippen LogP contribution in [-0.2, 0) is 19.1 Å². The maximum Gasteiger partial charge on any atom is 0.240 e. The minimum atomic E-state index is -0.673. The number of amides is 2. The lowest BCUT2D eigenvalue weighted by molar-refractivity contribution is -0.136. The van der Waals surface area contributed by atoms with Gasteiger partial charge in [-0.1, -0.05) is 90.1 Å². The van der Waals surface area contributed by atoms with Crippen LogP contribution in [-0.4, -0.2) is 105 Å². The molecule has 4 N–H and O–H groups in total. The molecule has 2 fully saturated rings. The highest BCUT2D eigenvalue weighted by atomic mass is 16.5. The van der Waals surface area contributed by atoms with Crippen molar-refractivity contribution in [2.75, 3.05) is 52.6 Å². The van der Waals surface area contributed by atoms with Crippen LogP contribution < -0.4 is 10.6 Å². The van der Waals surface area contributed by atoms with Crippen molar-refractivity contribution in [3.8, 4) is 33.6 Å². The van der Waals surface area contributed by atoms with Gasteiger partial charge in [-0.2, -0.15) is 0 Å². The average molecular weight is 767 g/mol. The summed E-state index contributed by atoms with van der Waals surface area (Å²) in [7, 11) is 0. The van der Waals surface area contributed by atoms with E-state index in [1.165, 1.54) is 0 Å². The first-order valence-corrected chi connectivity index (χ1v) is 19.9.